The van der Waals surface area contributed by atoms with Crippen LogP contribution in [-0.4, -0.2) is 49.2 Å². The SMILES string of the molecule is COCCC(NC(=O)CNC(=O)c1ccc(Br)o1)C(=O)O. The molecule has 0 bridgehead atoms. The summed E-state index contributed by atoms with van der Waals surface area (Å²) in [5.41, 5.74) is 0. The van der Waals surface area contributed by atoms with Crippen molar-refractivity contribution in [2.45, 2.75) is 12.5 Å². The fourth-order valence-corrected chi connectivity index (χ4v) is 1.73. The van der Waals surface area contributed by atoms with Gasteiger partial charge in [0.25, 0.3) is 5.91 Å². The van der Waals surface area contributed by atoms with Crippen LogP contribution in [0.2, 0.25) is 0 Å². The molecule has 3 N–H and O–H groups in total. The number of amides is 2. The van der Waals surface area contributed by atoms with E-state index in [0.717, 1.165) is 0 Å². The highest BCUT2D eigenvalue weighted by Gasteiger charge is 2.20. The van der Waals surface area contributed by atoms with Gasteiger partial charge in [0.15, 0.2) is 10.4 Å². The average molecular weight is 363 g/mol. The van der Waals surface area contributed by atoms with Crippen molar-refractivity contribution in [2.24, 2.45) is 0 Å². The van der Waals surface area contributed by atoms with Crippen molar-refractivity contribution in [1.29, 1.82) is 0 Å². The Morgan fingerprint density at radius 3 is 2.67 bits per heavy atom. The maximum atomic E-state index is 11.6. The smallest absolute Gasteiger partial charge is 0.326 e. The van der Waals surface area contributed by atoms with Crippen molar-refractivity contribution in [2.75, 3.05) is 20.3 Å². The molecule has 0 aromatic carbocycles. The number of hydrogen-bond donors (Lipinski definition) is 3. The lowest BCUT2D eigenvalue weighted by molar-refractivity contribution is -0.142. The van der Waals surface area contributed by atoms with Crippen LogP contribution in [0.5, 0.6) is 0 Å². The van der Waals surface area contributed by atoms with Gasteiger partial charge in [0, 0.05) is 20.1 Å². The Balaban J connectivity index is 2.42. The van der Waals surface area contributed by atoms with Crippen molar-refractivity contribution in [1.82, 2.24) is 10.6 Å². The second-order valence-electron chi connectivity index (χ2n) is 4.03. The molecule has 21 heavy (non-hydrogen) atoms. The third kappa shape index (κ3) is 5.96. The molecule has 0 radical (unpaired) electrons. The molecule has 1 aromatic heterocycles. The number of aliphatic carboxylic acids is 1. The summed E-state index contributed by atoms with van der Waals surface area (Å²) >= 11 is 3.05. The molecule has 0 aliphatic carbocycles. The lowest BCUT2D eigenvalue weighted by atomic mass is 10.2. The van der Waals surface area contributed by atoms with Crippen LogP contribution in [0.4, 0.5) is 0 Å². The van der Waals surface area contributed by atoms with Gasteiger partial charge in [-0.05, 0) is 28.1 Å². The van der Waals surface area contributed by atoms with Crippen LogP contribution >= 0.6 is 15.9 Å². The van der Waals surface area contributed by atoms with E-state index in [0.29, 0.717) is 4.67 Å². The first kappa shape index (κ1) is 17.2. The normalized spacial score (nSPS) is 11.7. The minimum Gasteiger partial charge on any atom is -0.480 e. The van der Waals surface area contributed by atoms with Gasteiger partial charge in [-0.3, -0.25) is 9.59 Å². The quantitative estimate of drug-likeness (QED) is 0.615. The molecule has 0 spiro atoms. The Morgan fingerprint density at radius 1 is 1.43 bits per heavy atom. The van der Waals surface area contributed by atoms with E-state index in [2.05, 4.69) is 26.6 Å². The minimum absolute atomic E-state index is 0.0452. The van der Waals surface area contributed by atoms with Gasteiger partial charge in [-0.15, -0.1) is 0 Å². The fraction of sp³-hybridized carbons (Fsp3) is 0.417. The predicted molar refractivity (Wildman–Crippen MR) is 74.8 cm³/mol. The number of nitrogens with one attached hydrogen (secondary N) is 2. The van der Waals surface area contributed by atoms with E-state index in [1.54, 1.807) is 6.07 Å². The number of furan rings is 1. The molecule has 2 amide bonds. The van der Waals surface area contributed by atoms with Crippen molar-refractivity contribution in [3.05, 3.63) is 22.6 Å². The molecule has 0 aliphatic rings. The van der Waals surface area contributed by atoms with Gasteiger partial charge in [0.1, 0.15) is 6.04 Å². The minimum atomic E-state index is -1.17. The zero-order valence-corrected chi connectivity index (χ0v) is 12.8. The van der Waals surface area contributed by atoms with Crippen LogP contribution in [0, 0.1) is 0 Å². The standard InChI is InChI=1S/C12H15BrN2O6/c1-20-5-4-7(12(18)19)15-10(16)6-14-11(17)8-2-3-9(13)21-8/h2-3,7H,4-6H2,1H3,(H,14,17)(H,15,16)(H,18,19). The highest BCUT2D eigenvalue weighted by Crippen LogP contribution is 2.13. The van der Waals surface area contributed by atoms with Gasteiger partial charge >= 0.3 is 5.97 Å². The predicted octanol–water partition coefficient (Wildman–Crippen LogP) is 0.378. The van der Waals surface area contributed by atoms with E-state index in [9.17, 15) is 14.4 Å². The lowest BCUT2D eigenvalue weighted by Gasteiger charge is -2.14. The summed E-state index contributed by atoms with van der Waals surface area (Å²) < 4.78 is 10.2. The Labute approximate surface area is 129 Å². The van der Waals surface area contributed by atoms with Crippen LogP contribution in [0.3, 0.4) is 0 Å². The number of methoxy groups -OCH3 is 1. The molecule has 8 nitrogen and oxygen atoms in total. The molecule has 0 saturated carbocycles. The Hall–Kier alpha value is -1.87. The summed E-state index contributed by atoms with van der Waals surface area (Å²) in [6, 6.07) is 1.92. The molecule has 1 unspecified atom stereocenters. The van der Waals surface area contributed by atoms with Crippen LogP contribution in [-0.2, 0) is 14.3 Å². The number of ether oxygens (including phenoxy) is 1. The summed E-state index contributed by atoms with van der Waals surface area (Å²) in [6.07, 6.45) is 0.136. The molecule has 1 heterocycles. The van der Waals surface area contributed by atoms with Crippen molar-refractivity contribution >= 4 is 33.7 Å². The largest absolute Gasteiger partial charge is 0.480 e. The number of rotatable bonds is 8. The number of carboxylic acid groups (broad SMARTS) is 1. The van der Waals surface area contributed by atoms with Gasteiger partial charge in [-0.25, -0.2) is 4.79 Å². The zero-order chi connectivity index (χ0) is 15.8. The maximum Gasteiger partial charge on any atom is 0.326 e. The zero-order valence-electron chi connectivity index (χ0n) is 11.2. The fourth-order valence-electron chi connectivity index (χ4n) is 1.42. The second-order valence-corrected chi connectivity index (χ2v) is 4.81. The number of halogens is 1. The summed E-state index contributed by atoms with van der Waals surface area (Å²) in [5.74, 6) is -2.30. The van der Waals surface area contributed by atoms with E-state index in [1.807, 2.05) is 0 Å². The van der Waals surface area contributed by atoms with E-state index < -0.39 is 23.8 Å². The van der Waals surface area contributed by atoms with Crippen LogP contribution in [0.15, 0.2) is 21.2 Å². The monoisotopic (exact) mass is 362 g/mol. The first-order valence-corrected chi connectivity index (χ1v) is 6.78. The average Bonchev–Trinajstić information content (AvgIpc) is 2.87. The third-order valence-electron chi connectivity index (χ3n) is 2.45. The Morgan fingerprint density at radius 2 is 2.14 bits per heavy atom. The van der Waals surface area contributed by atoms with E-state index >= 15 is 0 Å². The summed E-state index contributed by atoms with van der Waals surface area (Å²) in [6.45, 7) is -0.155. The van der Waals surface area contributed by atoms with E-state index in [1.165, 1.54) is 13.2 Å². The Kier molecular flexibility index (Phi) is 6.89. The molecule has 0 saturated heterocycles. The highest BCUT2D eigenvalue weighted by molar-refractivity contribution is 9.10. The third-order valence-corrected chi connectivity index (χ3v) is 2.88. The van der Waals surface area contributed by atoms with Gasteiger partial charge in [0.2, 0.25) is 5.91 Å². The molecule has 1 rings (SSSR count). The summed E-state index contributed by atoms with van der Waals surface area (Å²) in [7, 11) is 1.43. The molecule has 1 atom stereocenters. The van der Waals surface area contributed by atoms with E-state index in [-0.39, 0.29) is 25.3 Å². The molecule has 0 aliphatic heterocycles. The van der Waals surface area contributed by atoms with Crippen molar-refractivity contribution < 1.29 is 28.6 Å². The van der Waals surface area contributed by atoms with E-state index in [4.69, 9.17) is 14.3 Å². The van der Waals surface area contributed by atoms with Crippen molar-refractivity contribution in [3.63, 3.8) is 0 Å². The first-order chi connectivity index (χ1) is 9.93. The van der Waals surface area contributed by atoms with Gasteiger partial charge in [-0.2, -0.15) is 0 Å². The van der Waals surface area contributed by atoms with Crippen LogP contribution < -0.4 is 10.6 Å². The van der Waals surface area contributed by atoms with Crippen LogP contribution in [0.25, 0.3) is 0 Å². The maximum absolute atomic E-state index is 11.6. The highest BCUT2D eigenvalue weighted by atomic mass is 79.9. The molecule has 116 valence electrons. The van der Waals surface area contributed by atoms with Crippen molar-refractivity contribution in [3.8, 4) is 0 Å². The van der Waals surface area contributed by atoms with Crippen LogP contribution in [0.1, 0.15) is 17.0 Å². The second kappa shape index (κ2) is 8.42. The molecular formula is C12H15BrN2O6. The number of carboxylic acids is 1. The van der Waals surface area contributed by atoms with Gasteiger partial charge in [-0.1, -0.05) is 0 Å². The number of carbonyl (C=O) groups excluding carboxylic acids is 2. The molecule has 1 aromatic rings. The molecule has 9 heteroatoms. The summed E-state index contributed by atoms with van der Waals surface area (Å²) in [4.78, 5) is 34.1. The molecule has 0 fully saturated rings. The Bertz CT molecular complexity index is 516. The van der Waals surface area contributed by atoms with Gasteiger partial charge < -0.3 is 24.9 Å². The lowest BCUT2D eigenvalue weighted by Crippen LogP contribution is -2.46. The van der Waals surface area contributed by atoms with Gasteiger partial charge in [0.05, 0.1) is 6.54 Å². The number of hydrogen-bond acceptors (Lipinski definition) is 5. The summed E-state index contributed by atoms with van der Waals surface area (Å²) in [5, 5.41) is 13.5. The number of carbonyl (C=O) groups is 3. The molecular weight excluding hydrogens is 348 g/mol. The first-order valence-electron chi connectivity index (χ1n) is 5.98. The topological polar surface area (TPSA) is 118 Å².